The molecular weight excluding hydrogens is 871 g/mol. The Labute approximate surface area is 394 Å². The van der Waals surface area contributed by atoms with Crippen LogP contribution in [0.5, 0.6) is 17.2 Å². The Hall–Kier alpha value is -6.20. The van der Waals surface area contributed by atoms with Gasteiger partial charge in [0.15, 0.2) is 5.75 Å². The number of nitrogens with one attached hydrogen (secondary N) is 1. The molecule has 1 amide bonds. The van der Waals surface area contributed by atoms with Gasteiger partial charge in [0.05, 0.1) is 58.8 Å². The van der Waals surface area contributed by atoms with E-state index in [0.29, 0.717) is 31.7 Å². The number of methoxy groups -OCH3 is 1. The summed E-state index contributed by atoms with van der Waals surface area (Å²) < 4.78 is 24.2. The van der Waals surface area contributed by atoms with E-state index in [4.69, 9.17) is 23.9 Å². The van der Waals surface area contributed by atoms with Crippen LogP contribution in [0, 0.1) is 30.6 Å². The summed E-state index contributed by atoms with van der Waals surface area (Å²) in [4.78, 5) is 57.8. The third-order valence-corrected chi connectivity index (χ3v) is 14.3. The van der Waals surface area contributed by atoms with Crippen LogP contribution < -0.4 is 20.8 Å². The second kappa shape index (κ2) is 18.7. The molecule has 2 unspecified atom stereocenters. The predicted octanol–water partition coefficient (Wildman–Crippen LogP) is 5.49. The molecule has 0 saturated carbocycles. The van der Waals surface area contributed by atoms with Gasteiger partial charge in [-0.3, -0.25) is 29.3 Å². The van der Waals surface area contributed by atoms with E-state index in [1.807, 2.05) is 30.5 Å². The number of aromatic nitrogens is 1. The smallest absolute Gasteiger partial charge is 0.312 e. The summed E-state index contributed by atoms with van der Waals surface area (Å²) in [7, 11) is 1.47. The van der Waals surface area contributed by atoms with Crippen molar-refractivity contribution < 1.29 is 53.8 Å². The number of amides is 1. The van der Waals surface area contributed by atoms with E-state index in [1.165, 1.54) is 33.3 Å². The van der Waals surface area contributed by atoms with Crippen molar-refractivity contribution in [2.24, 2.45) is 33.7 Å². The molecule has 10 atom stereocenters. The first-order valence-corrected chi connectivity index (χ1v) is 23.1. The molecule has 68 heavy (non-hydrogen) atoms. The van der Waals surface area contributed by atoms with Crippen LogP contribution in [-0.4, -0.2) is 110 Å². The third kappa shape index (κ3) is 8.74. The summed E-state index contributed by atoms with van der Waals surface area (Å²) in [6.07, 6.45) is 6.36. The van der Waals surface area contributed by atoms with Crippen LogP contribution in [0.25, 0.3) is 21.7 Å². The Morgan fingerprint density at radius 1 is 0.985 bits per heavy atom. The number of nitrogens with zero attached hydrogens (tertiary/aromatic N) is 4. The summed E-state index contributed by atoms with van der Waals surface area (Å²) in [6, 6.07) is 10.1. The first-order valence-electron chi connectivity index (χ1n) is 23.1. The number of pyridine rings is 1. The highest BCUT2D eigenvalue weighted by Crippen LogP contribution is 2.51. The van der Waals surface area contributed by atoms with E-state index in [0.717, 1.165) is 16.5 Å². The van der Waals surface area contributed by atoms with Crippen LogP contribution >= 0.6 is 0 Å². The molecule has 16 nitrogen and oxygen atoms in total. The second-order valence-electron chi connectivity index (χ2n) is 19.2. The number of fused-ring (bicyclic) bond motifs is 2. The van der Waals surface area contributed by atoms with Crippen molar-refractivity contribution in [3.05, 3.63) is 100 Å². The van der Waals surface area contributed by atoms with Crippen molar-refractivity contribution in [3.63, 3.8) is 0 Å². The standard InChI is InChI=1S/C52H61N5O11/c1-26-13-12-14-27(2)50(64)55-42-41-40(56-52(24-54-41)18-19-57(25-52)23-33-21-34-15-10-11-16-35(34)53-22-33)37-38(46(42)62)45(61)31(6)48-39(37)49(63)51(8,68-48)66-20-17-36(65-9)28(3)47(67-32(7)58)30(5)44(60)29(4)43(26)59/h10-17,20-22,26,28-30,36,43-44,47,56,59-62H,18-19,23-25H2,1-9H3/b13-12+,20-17+,27-14-,55-42?/t26-,28?,29+,30+,36-,43-,44+,47+,51-,52?/m0/s1. The Balaban J connectivity index is 1.26. The summed E-state index contributed by atoms with van der Waals surface area (Å²) in [5, 5.41) is 52.0. The Kier molecular flexibility index (Phi) is 13.3. The van der Waals surface area contributed by atoms with E-state index in [2.05, 4.69) is 26.3 Å². The number of phenols is 2. The van der Waals surface area contributed by atoms with E-state index in [-0.39, 0.29) is 50.5 Å². The van der Waals surface area contributed by atoms with Gasteiger partial charge in [-0.15, -0.1) is 0 Å². The zero-order chi connectivity index (χ0) is 49.0. The van der Waals surface area contributed by atoms with Crippen LogP contribution in [0.15, 0.2) is 82.7 Å². The van der Waals surface area contributed by atoms with Gasteiger partial charge in [0, 0.05) is 92.4 Å². The molecule has 0 aliphatic carbocycles. The lowest BCUT2D eigenvalue weighted by Gasteiger charge is -2.38. The van der Waals surface area contributed by atoms with Crippen molar-refractivity contribution in [3.8, 4) is 17.2 Å². The van der Waals surface area contributed by atoms with Crippen LogP contribution in [0.4, 0.5) is 5.69 Å². The molecule has 1 fully saturated rings. The van der Waals surface area contributed by atoms with Crippen LogP contribution in [0.1, 0.15) is 76.4 Å². The lowest BCUT2D eigenvalue weighted by atomic mass is 9.78. The molecule has 4 aliphatic rings. The molecular formula is C52H61N5O11. The van der Waals surface area contributed by atoms with Gasteiger partial charge in [0.25, 0.3) is 11.7 Å². The second-order valence-corrected chi connectivity index (χ2v) is 19.2. The number of anilines is 1. The topological polar surface area (TPSA) is 222 Å². The van der Waals surface area contributed by atoms with E-state index < -0.39 is 88.6 Å². The predicted molar refractivity (Wildman–Crippen MR) is 254 cm³/mol. The average Bonchev–Trinajstić information content (AvgIpc) is 3.83. The number of hydrogen-bond donors (Lipinski definition) is 5. The van der Waals surface area contributed by atoms with Crippen molar-refractivity contribution in [2.75, 3.05) is 32.1 Å². The zero-order valence-electron chi connectivity index (χ0n) is 39.9. The van der Waals surface area contributed by atoms with Crippen LogP contribution in [0.3, 0.4) is 0 Å². The number of hydrogen-bond acceptors (Lipinski definition) is 15. The highest BCUT2D eigenvalue weighted by Gasteiger charge is 2.51. The van der Waals surface area contributed by atoms with Gasteiger partial charge in [-0.05, 0) is 44.0 Å². The largest absolute Gasteiger partial charge is 0.507 e. The van der Waals surface area contributed by atoms with Gasteiger partial charge >= 0.3 is 11.8 Å². The van der Waals surface area contributed by atoms with Gasteiger partial charge in [-0.1, -0.05) is 64.1 Å². The Bertz CT molecular complexity index is 2920. The number of esters is 1. The third-order valence-electron chi connectivity index (χ3n) is 14.3. The molecule has 5 heterocycles. The number of allylic oxidation sites excluding steroid dienone is 2. The molecule has 3 aromatic carbocycles. The fourth-order valence-electron chi connectivity index (χ4n) is 10.3. The number of ketones is 1. The number of phenolic OH excluding ortho intramolecular Hbond substituents is 2. The van der Waals surface area contributed by atoms with Crippen LogP contribution in [-0.2, 0) is 30.3 Å². The number of carbonyl (C=O) groups excluding carboxylic acids is 3. The van der Waals surface area contributed by atoms with Crippen molar-refractivity contribution >= 4 is 45.0 Å². The molecule has 8 rings (SSSR count). The monoisotopic (exact) mass is 931 g/mol. The van der Waals surface area contributed by atoms with Crippen molar-refractivity contribution in [1.82, 2.24) is 9.88 Å². The van der Waals surface area contributed by atoms with Gasteiger partial charge in [-0.2, -0.15) is 0 Å². The van der Waals surface area contributed by atoms with E-state index >= 15 is 0 Å². The minimum atomic E-state index is -1.99. The maximum atomic E-state index is 15.0. The number of ether oxygens (including phenoxy) is 4. The number of likely N-dealkylation sites (tertiary alicyclic amines) is 1. The molecule has 4 aliphatic heterocycles. The number of carbonyl (C=O) groups is 3. The minimum absolute atomic E-state index is 0.0305. The normalized spacial score (nSPS) is 31.8. The number of rotatable bonds is 4. The average molecular weight is 932 g/mol. The number of aromatic hydroxyl groups is 2. The molecule has 1 aromatic heterocycles. The Morgan fingerprint density at radius 3 is 2.47 bits per heavy atom. The first kappa shape index (κ1) is 48.3. The highest BCUT2D eigenvalue weighted by molar-refractivity contribution is 6.21. The lowest BCUT2D eigenvalue weighted by molar-refractivity contribution is -0.160. The molecule has 1 spiro atoms. The summed E-state index contributed by atoms with van der Waals surface area (Å²) in [5.41, 5.74) is 1.94. The summed E-state index contributed by atoms with van der Waals surface area (Å²) >= 11 is 0. The maximum absolute atomic E-state index is 15.0. The van der Waals surface area contributed by atoms with Gasteiger partial charge in [0.2, 0.25) is 0 Å². The number of benzene rings is 3. The Morgan fingerprint density at radius 2 is 1.74 bits per heavy atom. The molecule has 4 aromatic rings. The zero-order valence-corrected chi connectivity index (χ0v) is 39.9. The van der Waals surface area contributed by atoms with Gasteiger partial charge < -0.3 is 44.7 Å². The molecule has 16 heteroatoms. The number of para-hydroxylation sites is 1. The molecule has 1 saturated heterocycles. The van der Waals surface area contributed by atoms with Crippen molar-refractivity contribution in [1.29, 1.82) is 0 Å². The molecule has 5 N–H and O–H groups in total. The minimum Gasteiger partial charge on any atom is -0.507 e. The fourth-order valence-corrected chi connectivity index (χ4v) is 10.3. The number of aliphatic hydroxyl groups is 2. The summed E-state index contributed by atoms with van der Waals surface area (Å²) in [5.74, 6) is -7.23. The summed E-state index contributed by atoms with van der Waals surface area (Å²) in [6.45, 7) is 15.0. The van der Waals surface area contributed by atoms with Crippen molar-refractivity contribution in [2.45, 2.75) is 104 Å². The number of Topliss-reactive ketones (excluding diaryl/α,β-unsaturated/α-hetero) is 1. The molecule has 4 bridgehead atoms. The lowest BCUT2D eigenvalue weighted by Crippen LogP contribution is -2.51. The van der Waals surface area contributed by atoms with Gasteiger partial charge in [-0.25, -0.2) is 4.99 Å². The SMILES string of the molecule is CO[C@H]1/C=C/O[C@@]2(C)Oc3c(C)c(O)c4c(O)c(c5c(c4c3C2=O)NC2(CCN(Cc3cnc4ccccc4c3)C2)CN=5)=NC(=O)/C(C)=C\C=C\[C@H](C)[C@H](O)[C@@H](C)[C@@H](O)[C@@H](C)[C@H](OC(C)=O)C1C. The highest BCUT2D eigenvalue weighted by atomic mass is 16.7. The first-order chi connectivity index (χ1) is 32.3. The van der Waals surface area contributed by atoms with Crippen LogP contribution in [0.2, 0.25) is 0 Å². The molecule has 360 valence electrons. The molecule has 0 radical (unpaired) electrons. The number of aliphatic hydroxyl groups excluding tert-OH is 2. The fraction of sp³-hybridized carbons (Fsp3) is 0.462. The quantitative estimate of drug-likeness (QED) is 0.126. The van der Waals surface area contributed by atoms with Gasteiger partial charge in [0.1, 0.15) is 28.3 Å². The van der Waals surface area contributed by atoms with E-state index in [9.17, 15) is 34.8 Å². The maximum Gasteiger partial charge on any atom is 0.312 e. The van der Waals surface area contributed by atoms with E-state index in [1.54, 1.807) is 59.8 Å².